The number of carbonyl (C=O) groups excluding carboxylic acids is 1. The van der Waals surface area contributed by atoms with Crippen LogP contribution in [0.15, 0.2) is 0 Å². The summed E-state index contributed by atoms with van der Waals surface area (Å²) in [6.45, 7) is 8.23. The maximum atomic E-state index is 11.6. The van der Waals surface area contributed by atoms with Crippen LogP contribution in [-0.2, 0) is 9.53 Å². The number of amides is 1. The van der Waals surface area contributed by atoms with E-state index in [2.05, 4.69) is 5.32 Å². The molecule has 0 fully saturated rings. The average Bonchev–Trinajstić information content (AvgIpc) is 2.31. The predicted octanol–water partition coefficient (Wildman–Crippen LogP) is 1.29. The molecule has 4 heteroatoms. The van der Waals surface area contributed by atoms with Gasteiger partial charge in [0.15, 0.2) is 0 Å². The second kappa shape index (κ2) is 9.60. The van der Waals surface area contributed by atoms with Gasteiger partial charge in [0.05, 0.1) is 6.04 Å². The van der Waals surface area contributed by atoms with E-state index in [1.54, 1.807) is 0 Å². The highest BCUT2D eigenvalue weighted by atomic mass is 16.5. The molecular formula is C12H26N2O2. The van der Waals surface area contributed by atoms with Crippen molar-refractivity contribution >= 4 is 5.91 Å². The van der Waals surface area contributed by atoms with Gasteiger partial charge in [-0.05, 0) is 25.7 Å². The summed E-state index contributed by atoms with van der Waals surface area (Å²) in [7, 11) is 0. The first-order valence-electron chi connectivity index (χ1n) is 6.24. The normalized spacial score (nSPS) is 14.5. The van der Waals surface area contributed by atoms with E-state index in [0.717, 1.165) is 32.5 Å². The molecule has 0 aliphatic carbocycles. The Balaban J connectivity index is 3.50. The first kappa shape index (κ1) is 15.4. The van der Waals surface area contributed by atoms with Crippen LogP contribution in [0.1, 0.15) is 40.0 Å². The number of rotatable bonds is 9. The third-order valence-electron chi connectivity index (χ3n) is 2.78. The van der Waals surface area contributed by atoms with Gasteiger partial charge in [-0.3, -0.25) is 4.79 Å². The van der Waals surface area contributed by atoms with Gasteiger partial charge in [-0.2, -0.15) is 0 Å². The van der Waals surface area contributed by atoms with Crippen LogP contribution < -0.4 is 11.1 Å². The molecule has 0 aromatic heterocycles. The minimum absolute atomic E-state index is 0.0363. The number of carbonyl (C=O) groups is 1. The fraction of sp³-hybridized carbons (Fsp3) is 0.917. The molecule has 0 radical (unpaired) electrons. The van der Waals surface area contributed by atoms with Crippen LogP contribution in [0.2, 0.25) is 0 Å². The van der Waals surface area contributed by atoms with E-state index in [1.165, 1.54) is 0 Å². The zero-order valence-electron chi connectivity index (χ0n) is 10.8. The van der Waals surface area contributed by atoms with Crippen LogP contribution in [0, 0.1) is 5.92 Å². The lowest BCUT2D eigenvalue weighted by Gasteiger charge is -2.17. The van der Waals surface area contributed by atoms with Gasteiger partial charge in [-0.1, -0.05) is 20.3 Å². The minimum atomic E-state index is -0.378. The topological polar surface area (TPSA) is 64.3 Å². The molecule has 1 amide bonds. The molecule has 0 saturated carbocycles. The first-order chi connectivity index (χ1) is 7.63. The summed E-state index contributed by atoms with van der Waals surface area (Å²) in [6, 6.07) is -0.378. The molecular weight excluding hydrogens is 204 g/mol. The zero-order chi connectivity index (χ0) is 12.4. The summed E-state index contributed by atoms with van der Waals surface area (Å²) in [5.41, 5.74) is 5.80. The molecule has 0 rings (SSSR count). The van der Waals surface area contributed by atoms with Crippen molar-refractivity contribution in [3.05, 3.63) is 0 Å². The van der Waals surface area contributed by atoms with Crippen LogP contribution >= 0.6 is 0 Å². The lowest BCUT2D eigenvalue weighted by atomic mass is 9.99. The zero-order valence-corrected chi connectivity index (χ0v) is 10.8. The maximum Gasteiger partial charge on any atom is 0.237 e. The Bertz CT molecular complexity index is 186. The van der Waals surface area contributed by atoms with Crippen molar-refractivity contribution in [3.8, 4) is 0 Å². The van der Waals surface area contributed by atoms with Gasteiger partial charge < -0.3 is 15.8 Å². The molecule has 0 aliphatic rings. The Kier molecular flexibility index (Phi) is 9.24. The molecule has 0 aromatic rings. The molecule has 2 atom stereocenters. The molecule has 0 aliphatic heterocycles. The predicted molar refractivity (Wildman–Crippen MR) is 66.2 cm³/mol. The highest BCUT2D eigenvalue weighted by molar-refractivity contribution is 5.81. The van der Waals surface area contributed by atoms with Crippen LogP contribution in [0.25, 0.3) is 0 Å². The lowest BCUT2D eigenvalue weighted by Crippen LogP contribution is -2.44. The quantitative estimate of drug-likeness (QED) is 0.587. The minimum Gasteiger partial charge on any atom is -0.382 e. The number of ether oxygens (including phenoxy) is 1. The SMILES string of the molecule is CCOCCCCNC(=O)C(N)C(C)CC. The van der Waals surface area contributed by atoms with Crippen molar-refractivity contribution in [2.75, 3.05) is 19.8 Å². The molecule has 16 heavy (non-hydrogen) atoms. The van der Waals surface area contributed by atoms with Crippen molar-refractivity contribution in [3.63, 3.8) is 0 Å². The molecule has 0 aromatic carbocycles. The molecule has 96 valence electrons. The van der Waals surface area contributed by atoms with Crippen molar-refractivity contribution in [2.24, 2.45) is 11.7 Å². The van der Waals surface area contributed by atoms with E-state index < -0.39 is 0 Å². The fourth-order valence-corrected chi connectivity index (χ4v) is 1.32. The van der Waals surface area contributed by atoms with E-state index >= 15 is 0 Å². The second-order valence-electron chi connectivity index (χ2n) is 4.11. The van der Waals surface area contributed by atoms with E-state index in [0.29, 0.717) is 6.54 Å². The molecule has 0 spiro atoms. The summed E-state index contributed by atoms with van der Waals surface area (Å²) < 4.78 is 5.21. The van der Waals surface area contributed by atoms with Gasteiger partial charge in [-0.15, -0.1) is 0 Å². The standard InChI is InChI=1S/C12H26N2O2/c1-4-10(3)11(13)12(15)14-8-6-7-9-16-5-2/h10-11H,4-9,13H2,1-3H3,(H,14,15). The highest BCUT2D eigenvalue weighted by Gasteiger charge is 2.18. The van der Waals surface area contributed by atoms with Gasteiger partial charge in [0.2, 0.25) is 5.91 Å². The summed E-state index contributed by atoms with van der Waals surface area (Å²) in [5, 5.41) is 2.86. The van der Waals surface area contributed by atoms with Crippen molar-refractivity contribution < 1.29 is 9.53 Å². The highest BCUT2D eigenvalue weighted by Crippen LogP contribution is 2.04. The fourth-order valence-electron chi connectivity index (χ4n) is 1.32. The molecule has 0 heterocycles. The Morgan fingerprint density at radius 2 is 2.06 bits per heavy atom. The van der Waals surface area contributed by atoms with Crippen LogP contribution in [0.4, 0.5) is 0 Å². The first-order valence-corrected chi connectivity index (χ1v) is 6.24. The number of hydrogen-bond donors (Lipinski definition) is 2. The number of nitrogens with one attached hydrogen (secondary N) is 1. The third kappa shape index (κ3) is 6.80. The van der Waals surface area contributed by atoms with Gasteiger partial charge in [0, 0.05) is 19.8 Å². The van der Waals surface area contributed by atoms with Gasteiger partial charge in [0.1, 0.15) is 0 Å². The summed E-state index contributed by atoms with van der Waals surface area (Å²) in [6.07, 6.45) is 2.85. The summed E-state index contributed by atoms with van der Waals surface area (Å²) in [5.74, 6) is 0.203. The van der Waals surface area contributed by atoms with Gasteiger partial charge in [-0.25, -0.2) is 0 Å². The van der Waals surface area contributed by atoms with Crippen LogP contribution in [0.5, 0.6) is 0 Å². The van der Waals surface area contributed by atoms with Crippen LogP contribution in [0.3, 0.4) is 0 Å². The average molecular weight is 230 g/mol. The van der Waals surface area contributed by atoms with E-state index in [4.69, 9.17) is 10.5 Å². The Hall–Kier alpha value is -0.610. The smallest absolute Gasteiger partial charge is 0.237 e. The molecule has 0 bridgehead atoms. The van der Waals surface area contributed by atoms with Crippen molar-refractivity contribution in [1.82, 2.24) is 5.32 Å². The van der Waals surface area contributed by atoms with Crippen molar-refractivity contribution in [1.29, 1.82) is 0 Å². The summed E-state index contributed by atoms with van der Waals surface area (Å²) in [4.78, 5) is 11.6. The molecule has 0 saturated heterocycles. The van der Waals surface area contributed by atoms with E-state index in [1.807, 2.05) is 20.8 Å². The monoisotopic (exact) mass is 230 g/mol. The molecule has 3 N–H and O–H groups in total. The third-order valence-corrected chi connectivity index (χ3v) is 2.78. The van der Waals surface area contributed by atoms with E-state index in [9.17, 15) is 4.79 Å². The van der Waals surface area contributed by atoms with Crippen molar-refractivity contribution in [2.45, 2.75) is 46.1 Å². The largest absolute Gasteiger partial charge is 0.382 e. The van der Waals surface area contributed by atoms with Crippen LogP contribution in [-0.4, -0.2) is 31.7 Å². The summed E-state index contributed by atoms with van der Waals surface area (Å²) >= 11 is 0. The van der Waals surface area contributed by atoms with E-state index in [-0.39, 0.29) is 17.9 Å². The van der Waals surface area contributed by atoms with Gasteiger partial charge in [0.25, 0.3) is 0 Å². The maximum absolute atomic E-state index is 11.6. The molecule has 2 unspecified atom stereocenters. The Morgan fingerprint density at radius 3 is 2.62 bits per heavy atom. The number of hydrogen-bond acceptors (Lipinski definition) is 3. The number of unbranched alkanes of at least 4 members (excludes halogenated alkanes) is 1. The Morgan fingerprint density at radius 1 is 1.38 bits per heavy atom. The molecule has 4 nitrogen and oxygen atoms in total. The second-order valence-corrected chi connectivity index (χ2v) is 4.11. The van der Waals surface area contributed by atoms with Gasteiger partial charge >= 0.3 is 0 Å². The lowest BCUT2D eigenvalue weighted by molar-refractivity contribution is -0.123. The number of nitrogens with two attached hydrogens (primary N) is 1. The Labute approximate surface area is 98.9 Å².